The number of aromatic nitrogens is 1. The highest BCUT2D eigenvalue weighted by Gasteiger charge is 2.12. The molecule has 0 fully saturated rings. The number of aromatic carboxylic acids is 1. The van der Waals surface area contributed by atoms with Crippen molar-refractivity contribution in [3.05, 3.63) is 35.7 Å². The van der Waals surface area contributed by atoms with E-state index in [0.29, 0.717) is 16.7 Å². The number of hydrogen-bond donors (Lipinski definition) is 2. The van der Waals surface area contributed by atoms with Crippen molar-refractivity contribution in [2.45, 2.75) is 0 Å². The number of hydrogen-bond acceptors (Lipinski definition) is 4. The van der Waals surface area contributed by atoms with Crippen molar-refractivity contribution < 1.29 is 24.2 Å². The van der Waals surface area contributed by atoms with E-state index in [1.807, 2.05) is 0 Å². The molecule has 0 spiro atoms. The zero-order chi connectivity index (χ0) is 12.4. The molecule has 86 valence electrons. The summed E-state index contributed by atoms with van der Waals surface area (Å²) in [6, 6.07) is 4.69. The van der Waals surface area contributed by atoms with Crippen molar-refractivity contribution in [3.63, 3.8) is 0 Å². The molecule has 6 heteroatoms. The lowest BCUT2D eigenvalue weighted by Crippen LogP contribution is -1.94. The van der Waals surface area contributed by atoms with Crippen molar-refractivity contribution >= 4 is 29.1 Å². The Balaban J connectivity index is 2.43. The lowest BCUT2D eigenvalue weighted by molar-refractivity contribution is -0.131. The van der Waals surface area contributed by atoms with E-state index in [4.69, 9.17) is 14.6 Å². The topological polar surface area (TPSA) is 101 Å². The van der Waals surface area contributed by atoms with Crippen molar-refractivity contribution in [2.24, 2.45) is 0 Å². The van der Waals surface area contributed by atoms with Gasteiger partial charge in [-0.15, -0.1) is 0 Å². The Morgan fingerprint density at radius 2 is 2.06 bits per heavy atom. The Morgan fingerprint density at radius 1 is 1.29 bits per heavy atom. The molecule has 1 aromatic heterocycles. The van der Waals surface area contributed by atoms with Crippen molar-refractivity contribution in [1.29, 1.82) is 0 Å². The van der Waals surface area contributed by atoms with Crippen LogP contribution in [0, 0.1) is 0 Å². The number of benzene rings is 1. The van der Waals surface area contributed by atoms with E-state index in [2.05, 4.69) is 4.98 Å². The molecule has 0 aliphatic carbocycles. The molecular formula is C11H7NO5. The molecule has 0 aliphatic heterocycles. The van der Waals surface area contributed by atoms with Gasteiger partial charge >= 0.3 is 17.8 Å². The molecule has 1 heterocycles. The van der Waals surface area contributed by atoms with Gasteiger partial charge in [0.25, 0.3) is 0 Å². The molecule has 0 unspecified atom stereocenters. The monoisotopic (exact) mass is 233 g/mol. The average Bonchev–Trinajstić information content (AvgIpc) is 2.69. The van der Waals surface area contributed by atoms with Gasteiger partial charge in [-0.25, -0.2) is 14.6 Å². The zero-order valence-corrected chi connectivity index (χ0v) is 8.45. The van der Waals surface area contributed by atoms with Gasteiger partial charge in [0.15, 0.2) is 5.58 Å². The minimum atomic E-state index is -1.25. The fraction of sp³-hybridized carbons (Fsp3) is 0. The largest absolute Gasteiger partial charge is 0.478 e. The third-order valence-corrected chi connectivity index (χ3v) is 2.01. The SMILES string of the molecule is O=C(O)/C=C/c1ccc2oc(C(=O)O)nc2c1. The highest BCUT2D eigenvalue weighted by molar-refractivity contribution is 5.88. The second-order valence-electron chi connectivity index (χ2n) is 3.22. The summed E-state index contributed by atoms with van der Waals surface area (Å²) in [5.41, 5.74) is 1.31. The molecule has 0 atom stereocenters. The van der Waals surface area contributed by atoms with Crippen LogP contribution in [0.3, 0.4) is 0 Å². The van der Waals surface area contributed by atoms with Gasteiger partial charge in [-0.2, -0.15) is 0 Å². The van der Waals surface area contributed by atoms with E-state index in [0.717, 1.165) is 6.08 Å². The summed E-state index contributed by atoms with van der Waals surface area (Å²) >= 11 is 0. The van der Waals surface area contributed by atoms with E-state index >= 15 is 0 Å². The van der Waals surface area contributed by atoms with Crippen molar-refractivity contribution in [3.8, 4) is 0 Å². The molecule has 0 bridgehead atoms. The number of carboxylic acid groups (broad SMARTS) is 2. The van der Waals surface area contributed by atoms with Gasteiger partial charge in [0, 0.05) is 6.08 Å². The minimum absolute atomic E-state index is 0.342. The maximum atomic E-state index is 10.6. The Hall–Kier alpha value is -2.63. The van der Waals surface area contributed by atoms with Crippen LogP contribution in [0.1, 0.15) is 16.2 Å². The average molecular weight is 233 g/mol. The second-order valence-corrected chi connectivity index (χ2v) is 3.22. The van der Waals surface area contributed by atoms with Crippen molar-refractivity contribution in [1.82, 2.24) is 4.98 Å². The third kappa shape index (κ3) is 2.31. The van der Waals surface area contributed by atoms with Gasteiger partial charge < -0.3 is 14.6 Å². The maximum Gasteiger partial charge on any atom is 0.392 e. The van der Waals surface area contributed by atoms with E-state index in [-0.39, 0.29) is 5.89 Å². The summed E-state index contributed by atoms with van der Waals surface area (Å²) in [5, 5.41) is 17.1. The Bertz CT molecular complexity index is 626. The first-order chi connectivity index (χ1) is 8.06. The number of oxazole rings is 1. The first kappa shape index (κ1) is 10.9. The lowest BCUT2D eigenvalue weighted by Gasteiger charge is -1.90. The first-order valence-corrected chi connectivity index (χ1v) is 4.61. The van der Waals surface area contributed by atoms with Crippen LogP contribution in [0.4, 0.5) is 0 Å². The minimum Gasteiger partial charge on any atom is -0.478 e. The Kier molecular flexibility index (Phi) is 2.61. The fourth-order valence-electron chi connectivity index (χ4n) is 1.31. The highest BCUT2D eigenvalue weighted by Crippen LogP contribution is 2.18. The molecule has 2 N–H and O–H groups in total. The van der Waals surface area contributed by atoms with Crippen LogP contribution in [0.25, 0.3) is 17.2 Å². The fourth-order valence-corrected chi connectivity index (χ4v) is 1.31. The Labute approximate surface area is 94.8 Å². The predicted molar refractivity (Wildman–Crippen MR) is 57.6 cm³/mol. The summed E-state index contributed by atoms with van der Waals surface area (Å²) in [5.74, 6) is -2.69. The molecule has 2 aromatic rings. The van der Waals surface area contributed by atoms with Crippen LogP contribution < -0.4 is 0 Å². The van der Waals surface area contributed by atoms with Crippen LogP contribution in [-0.4, -0.2) is 27.1 Å². The van der Waals surface area contributed by atoms with Gasteiger partial charge in [0.2, 0.25) is 0 Å². The summed E-state index contributed by atoms with van der Waals surface area (Å²) in [6.07, 6.45) is 2.37. The second kappa shape index (κ2) is 4.09. The van der Waals surface area contributed by atoms with Crippen LogP contribution >= 0.6 is 0 Å². The molecule has 0 radical (unpaired) electrons. The molecule has 0 aliphatic rings. The molecule has 0 saturated heterocycles. The number of fused-ring (bicyclic) bond motifs is 1. The number of carboxylic acids is 2. The van der Waals surface area contributed by atoms with Crippen LogP contribution in [0.5, 0.6) is 0 Å². The first-order valence-electron chi connectivity index (χ1n) is 4.61. The van der Waals surface area contributed by atoms with E-state index in [1.54, 1.807) is 12.1 Å². The number of nitrogens with zero attached hydrogens (tertiary/aromatic N) is 1. The number of carbonyl (C=O) groups is 2. The van der Waals surface area contributed by atoms with Crippen molar-refractivity contribution in [2.75, 3.05) is 0 Å². The van der Waals surface area contributed by atoms with Gasteiger partial charge in [0.05, 0.1) is 0 Å². The standard InChI is InChI=1S/C11H7NO5/c13-9(14)4-2-6-1-3-8-7(5-6)12-10(17-8)11(15)16/h1-5H,(H,13,14)(H,15,16)/b4-2+. The maximum absolute atomic E-state index is 10.6. The number of rotatable bonds is 3. The highest BCUT2D eigenvalue weighted by atomic mass is 16.4. The van der Waals surface area contributed by atoms with Gasteiger partial charge in [-0.3, -0.25) is 0 Å². The molecule has 17 heavy (non-hydrogen) atoms. The summed E-state index contributed by atoms with van der Waals surface area (Å²) in [6.45, 7) is 0. The van der Waals surface area contributed by atoms with E-state index in [1.165, 1.54) is 12.1 Å². The normalized spacial score (nSPS) is 11.1. The molecule has 2 rings (SSSR count). The van der Waals surface area contributed by atoms with Gasteiger partial charge in [-0.1, -0.05) is 6.07 Å². The quantitative estimate of drug-likeness (QED) is 0.781. The lowest BCUT2D eigenvalue weighted by atomic mass is 10.2. The smallest absolute Gasteiger partial charge is 0.392 e. The van der Waals surface area contributed by atoms with Crippen LogP contribution in [0.2, 0.25) is 0 Å². The molecule has 6 nitrogen and oxygen atoms in total. The summed E-state index contributed by atoms with van der Waals surface area (Å²) in [4.78, 5) is 24.7. The Morgan fingerprint density at radius 3 is 2.71 bits per heavy atom. The van der Waals surface area contributed by atoms with E-state index < -0.39 is 11.9 Å². The third-order valence-electron chi connectivity index (χ3n) is 2.01. The van der Waals surface area contributed by atoms with Gasteiger partial charge in [0.1, 0.15) is 5.52 Å². The van der Waals surface area contributed by atoms with E-state index in [9.17, 15) is 9.59 Å². The molecule has 1 aromatic carbocycles. The molecule has 0 saturated carbocycles. The predicted octanol–water partition coefficient (Wildman–Crippen LogP) is 1.62. The van der Waals surface area contributed by atoms with Crippen LogP contribution in [-0.2, 0) is 4.79 Å². The summed E-state index contributed by atoms with van der Waals surface area (Å²) < 4.78 is 4.96. The zero-order valence-electron chi connectivity index (χ0n) is 8.45. The molecule has 0 amide bonds. The van der Waals surface area contributed by atoms with Gasteiger partial charge in [-0.05, 0) is 23.8 Å². The van der Waals surface area contributed by atoms with Crippen LogP contribution in [0.15, 0.2) is 28.7 Å². The summed E-state index contributed by atoms with van der Waals surface area (Å²) in [7, 11) is 0. The molecular weight excluding hydrogens is 226 g/mol. The number of aliphatic carboxylic acids is 1.